The minimum Gasteiger partial charge on any atom is -0.310 e. The normalized spacial score (nSPS) is 11.3. The fourth-order valence-electron chi connectivity index (χ4n) is 1.56. The topological polar surface area (TPSA) is 44.7 Å². The lowest BCUT2D eigenvalue weighted by Crippen LogP contribution is -2.27. The second kappa shape index (κ2) is 7.74. The molecule has 0 unspecified atom stereocenters. The minimum absolute atomic E-state index is 0.638. The highest BCUT2D eigenvalue weighted by Gasteiger charge is 2.01. The predicted octanol–water partition coefficient (Wildman–Crippen LogP) is 1.66. The smallest absolute Gasteiger partial charge is 0.152 e. The van der Waals surface area contributed by atoms with E-state index in [2.05, 4.69) is 15.2 Å². The minimum atomic E-state index is 0.638. The van der Waals surface area contributed by atoms with Gasteiger partial charge in [0, 0.05) is 31.4 Å². The van der Waals surface area contributed by atoms with Gasteiger partial charge < -0.3 is 10.2 Å². The van der Waals surface area contributed by atoms with E-state index in [9.17, 15) is 4.79 Å². The zero-order chi connectivity index (χ0) is 13.4. The number of nitrogens with zero attached hydrogens (tertiary/aromatic N) is 2. The van der Waals surface area contributed by atoms with Crippen LogP contribution in [0.25, 0.3) is 0 Å². The number of carbonyl (C=O) groups excluding carboxylic acids is 1. The number of nitrogens with one attached hydrogen (secondary N) is 1. The van der Waals surface area contributed by atoms with Crippen LogP contribution in [0.15, 0.2) is 23.2 Å². The van der Waals surface area contributed by atoms with Gasteiger partial charge in [-0.25, -0.2) is 0 Å². The first-order valence-electron chi connectivity index (χ1n) is 6.08. The Balaban J connectivity index is 2.49. The zero-order valence-electron chi connectivity index (χ0n) is 11.3. The summed E-state index contributed by atoms with van der Waals surface area (Å²) in [6.45, 7) is 4.59. The molecule has 0 atom stereocenters. The molecule has 18 heavy (non-hydrogen) atoms. The molecule has 0 aliphatic carbocycles. The standard InChI is InChI=1S/C14H21N3O/c1-12-5-4-6-13(11-18)14(12)16-8-7-15-9-10-17(2)3/h4-6,8,11,15H,7,9-10H2,1-3H3/b16-8-. The molecule has 0 aliphatic rings. The van der Waals surface area contributed by atoms with E-state index in [1.807, 2.05) is 39.4 Å². The highest BCUT2D eigenvalue weighted by molar-refractivity contribution is 5.85. The lowest BCUT2D eigenvalue weighted by atomic mass is 10.1. The highest BCUT2D eigenvalue weighted by atomic mass is 16.1. The van der Waals surface area contributed by atoms with Gasteiger partial charge in [0.05, 0.1) is 5.69 Å². The molecular formula is C14H21N3O. The van der Waals surface area contributed by atoms with Crippen molar-refractivity contribution < 1.29 is 4.79 Å². The average molecular weight is 247 g/mol. The number of para-hydroxylation sites is 1. The summed E-state index contributed by atoms with van der Waals surface area (Å²) in [5.74, 6) is 0. The Bertz CT molecular complexity index is 414. The molecule has 0 saturated carbocycles. The van der Waals surface area contributed by atoms with E-state index in [1.54, 1.807) is 6.07 Å². The highest BCUT2D eigenvalue weighted by Crippen LogP contribution is 2.21. The second-order valence-corrected chi connectivity index (χ2v) is 4.45. The van der Waals surface area contributed by atoms with Crippen LogP contribution in [-0.4, -0.2) is 51.1 Å². The average Bonchev–Trinajstić information content (AvgIpc) is 2.34. The number of aryl methyl sites for hydroxylation is 1. The third-order valence-corrected chi connectivity index (χ3v) is 2.59. The van der Waals surface area contributed by atoms with Crippen LogP contribution in [0.2, 0.25) is 0 Å². The summed E-state index contributed by atoms with van der Waals surface area (Å²) in [4.78, 5) is 17.4. The maximum absolute atomic E-state index is 10.9. The first-order valence-corrected chi connectivity index (χ1v) is 6.08. The summed E-state index contributed by atoms with van der Waals surface area (Å²) in [5, 5.41) is 3.26. The van der Waals surface area contributed by atoms with Gasteiger partial charge in [-0.15, -0.1) is 0 Å². The van der Waals surface area contributed by atoms with Crippen LogP contribution >= 0.6 is 0 Å². The summed E-state index contributed by atoms with van der Waals surface area (Å²) in [6.07, 6.45) is 2.66. The number of rotatable bonds is 7. The van der Waals surface area contributed by atoms with Crippen molar-refractivity contribution in [2.45, 2.75) is 6.92 Å². The Labute approximate surface area is 109 Å². The Morgan fingerprint density at radius 3 is 2.83 bits per heavy atom. The van der Waals surface area contributed by atoms with Gasteiger partial charge in [0.2, 0.25) is 0 Å². The van der Waals surface area contributed by atoms with Gasteiger partial charge in [0.25, 0.3) is 0 Å². The van der Waals surface area contributed by atoms with Gasteiger partial charge in [-0.1, -0.05) is 12.1 Å². The van der Waals surface area contributed by atoms with Gasteiger partial charge in [-0.2, -0.15) is 0 Å². The Morgan fingerprint density at radius 1 is 1.39 bits per heavy atom. The van der Waals surface area contributed by atoms with E-state index in [1.165, 1.54) is 0 Å². The second-order valence-electron chi connectivity index (χ2n) is 4.45. The summed E-state index contributed by atoms with van der Waals surface area (Å²) < 4.78 is 0. The van der Waals surface area contributed by atoms with Crippen molar-refractivity contribution in [3.8, 4) is 0 Å². The van der Waals surface area contributed by atoms with Crippen molar-refractivity contribution in [3.05, 3.63) is 29.3 Å². The van der Waals surface area contributed by atoms with E-state index in [0.29, 0.717) is 12.1 Å². The maximum atomic E-state index is 10.9. The molecule has 0 bridgehead atoms. The lowest BCUT2D eigenvalue weighted by molar-refractivity contribution is 0.112. The lowest BCUT2D eigenvalue weighted by Gasteiger charge is -2.08. The number of hydrogen-bond donors (Lipinski definition) is 1. The van der Waals surface area contributed by atoms with E-state index >= 15 is 0 Å². The molecule has 0 heterocycles. The van der Waals surface area contributed by atoms with Gasteiger partial charge in [-0.05, 0) is 32.6 Å². The molecule has 98 valence electrons. The monoisotopic (exact) mass is 247 g/mol. The third kappa shape index (κ3) is 4.77. The third-order valence-electron chi connectivity index (χ3n) is 2.59. The van der Waals surface area contributed by atoms with Crippen LogP contribution in [-0.2, 0) is 0 Å². The molecule has 0 aliphatic heterocycles. The molecule has 1 aromatic rings. The van der Waals surface area contributed by atoms with Crippen LogP contribution in [0, 0.1) is 6.92 Å². The molecule has 1 aromatic carbocycles. The molecule has 4 nitrogen and oxygen atoms in total. The zero-order valence-corrected chi connectivity index (χ0v) is 11.3. The van der Waals surface area contributed by atoms with Gasteiger partial charge >= 0.3 is 0 Å². The van der Waals surface area contributed by atoms with Crippen LogP contribution in [0.3, 0.4) is 0 Å². The number of hydrogen-bond acceptors (Lipinski definition) is 4. The van der Waals surface area contributed by atoms with Crippen LogP contribution in [0.4, 0.5) is 5.69 Å². The summed E-state index contributed by atoms with van der Waals surface area (Å²) in [6, 6.07) is 5.61. The molecule has 0 fully saturated rings. The van der Waals surface area contributed by atoms with Crippen molar-refractivity contribution in [2.75, 3.05) is 33.7 Å². The largest absolute Gasteiger partial charge is 0.310 e. The van der Waals surface area contributed by atoms with Crippen molar-refractivity contribution in [1.82, 2.24) is 10.2 Å². The molecule has 0 spiro atoms. The molecule has 0 amide bonds. The van der Waals surface area contributed by atoms with Crippen molar-refractivity contribution in [3.63, 3.8) is 0 Å². The molecule has 1 rings (SSSR count). The number of benzene rings is 1. The first-order chi connectivity index (χ1) is 8.65. The van der Waals surface area contributed by atoms with E-state index in [4.69, 9.17) is 0 Å². The summed E-state index contributed by atoms with van der Waals surface area (Å²) in [7, 11) is 4.08. The van der Waals surface area contributed by atoms with Crippen molar-refractivity contribution in [2.24, 2.45) is 4.99 Å². The number of aldehydes is 1. The Morgan fingerprint density at radius 2 is 2.17 bits per heavy atom. The quantitative estimate of drug-likeness (QED) is 0.453. The molecule has 0 aromatic heterocycles. The fourth-order valence-corrected chi connectivity index (χ4v) is 1.56. The summed E-state index contributed by atoms with van der Waals surface area (Å²) in [5.41, 5.74) is 2.42. The van der Waals surface area contributed by atoms with E-state index in [-0.39, 0.29) is 0 Å². The number of likely N-dealkylation sites (N-methyl/N-ethyl adjacent to an activating group) is 1. The molecule has 0 saturated heterocycles. The Hall–Kier alpha value is -1.52. The van der Waals surface area contributed by atoms with Crippen molar-refractivity contribution in [1.29, 1.82) is 0 Å². The predicted molar refractivity (Wildman–Crippen MR) is 76.1 cm³/mol. The van der Waals surface area contributed by atoms with Crippen LogP contribution < -0.4 is 5.32 Å². The van der Waals surface area contributed by atoms with Gasteiger partial charge in [0.1, 0.15) is 0 Å². The fraction of sp³-hybridized carbons (Fsp3) is 0.429. The molecule has 1 N–H and O–H groups in total. The SMILES string of the molecule is Cc1cccc(C=O)c1/N=C\CNCCN(C)C. The van der Waals surface area contributed by atoms with E-state index in [0.717, 1.165) is 30.6 Å². The van der Waals surface area contributed by atoms with Crippen molar-refractivity contribution >= 4 is 18.2 Å². The summed E-state index contributed by atoms with van der Waals surface area (Å²) >= 11 is 0. The van der Waals surface area contributed by atoms with Crippen LogP contribution in [0.5, 0.6) is 0 Å². The molecular weight excluding hydrogens is 226 g/mol. The number of aliphatic imine (C=N–C) groups is 1. The van der Waals surface area contributed by atoms with E-state index < -0.39 is 0 Å². The van der Waals surface area contributed by atoms with Crippen LogP contribution in [0.1, 0.15) is 15.9 Å². The number of carbonyl (C=O) groups is 1. The molecule has 0 radical (unpaired) electrons. The maximum Gasteiger partial charge on any atom is 0.152 e. The first kappa shape index (κ1) is 14.5. The van der Waals surface area contributed by atoms with Gasteiger partial charge in [-0.3, -0.25) is 9.79 Å². The van der Waals surface area contributed by atoms with Gasteiger partial charge in [0.15, 0.2) is 6.29 Å². The molecule has 4 heteroatoms. The Kier molecular flexibility index (Phi) is 6.25.